The third kappa shape index (κ3) is 3.00. The molecule has 0 aliphatic carbocycles. The molecule has 2 rings (SSSR count). The van der Waals surface area contributed by atoms with Crippen molar-refractivity contribution in [3.05, 3.63) is 17.6 Å². The van der Waals surface area contributed by atoms with Gasteiger partial charge in [-0.15, -0.1) is 0 Å². The number of hydrogen-bond acceptors (Lipinski definition) is 3. The fourth-order valence-electron chi connectivity index (χ4n) is 2.15. The third-order valence-corrected chi connectivity index (χ3v) is 3.06. The van der Waals surface area contributed by atoms with E-state index in [0.717, 1.165) is 34.9 Å². The standard InChI is InChI=1S/C14H22N4/c1-4-5-6-7-8-15-13-12-9-10(2)16-14(12)18-11(3)17-13/h9H,4-8H2,1-3H3,(H2,15,16,17,18). The highest BCUT2D eigenvalue weighted by Crippen LogP contribution is 2.21. The second-order valence-electron chi connectivity index (χ2n) is 4.82. The minimum Gasteiger partial charge on any atom is -0.369 e. The summed E-state index contributed by atoms with van der Waals surface area (Å²) in [5.74, 6) is 1.76. The van der Waals surface area contributed by atoms with Gasteiger partial charge in [0.2, 0.25) is 0 Å². The number of aromatic amines is 1. The second kappa shape index (κ2) is 5.85. The predicted octanol–water partition coefficient (Wildman–Crippen LogP) is 3.57. The summed E-state index contributed by atoms with van der Waals surface area (Å²) in [6.07, 6.45) is 5.06. The van der Waals surface area contributed by atoms with Crippen LogP contribution in [0.3, 0.4) is 0 Å². The molecule has 2 aromatic rings. The summed E-state index contributed by atoms with van der Waals surface area (Å²) in [4.78, 5) is 12.2. The lowest BCUT2D eigenvalue weighted by Crippen LogP contribution is -2.05. The Morgan fingerprint density at radius 2 is 2.00 bits per heavy atom. The van der Waals surface area contributed by atoms with E-state index in [-0.39, 0.29) is 0 Å². The van der Waals surface area contributed by atoms with Crippen LogP contribution in [0.25, 0.3) is 11.0 Å². The van der Waals surface area contributed by atoms with Crippen LogP contribution in [0.5, 0.6) is 0 Å². The fourth-order valence-corrected chi connectivity index (χ4v) is 2.15. The van der Waals surface area contributed by atoms with Gasteiger partial charge in [-0.3, -0.25) is 0 Å². The van der Waals surface area contributed by atoms with Crippen molar-refractivity contribution < 1.29 is 0 Å². The summed E-state index contributed by atoms with van der Waals surface area (Å²) in [6, 6.07) is 2.10. The lowest BCUT2D eigenvalue weighted by Gasteiger charge is -2.07. The van der Waals surface area contributed by atoms with Gasteiger partial charge in [0.25, 0.3) is 0 Å². The van der Waals surface area contributed by atoms with Crippen LogP contribution in [0.15, 0.2) is 6.07 Å². The maximum atomic E-state index is 4.49. The molecule has 0 atom stereocenters. The quantitative estimate of drug-likeness (QED) is 0.766. The van der Waals surface area contributed by atoms with Crippen molar-refractivity contribution in [2.45, 2.75) is 46.5 Å². The summed E-state index contributed by atoms with van der Waals surface area (Å²) < 4.78 is 0. The number of nitrogens with one attached hydrogen (secondary N) is 2. The smallest absolute Gasteiger partial charge is 0.143 e. The molecular weight excluding hydrogens is 224 g/mol. The van der Waals surface area contributed by atoms with Gasteiger partial charge in [-0.05, 0) is 26.3 Å². The number of unbranched alkanes of at least 4 members (excludes halogenated alkanes) is 3. The Morgan fingerprint density at radius 1 is 1.17 bits per heavy atom. The topological polar surface area (TPSA) is 53.6 Å². The zero-order valence-electron chi connectivity index (χ0n) is 11.5. The Hall–Kier alpha value is -1.58. The molecule has 98 valence electrons. The Bertz CT molecular complexity index is 516. The molecule has 2 aromatic heterocycles. The highest BCUT2D eigenvalue weighted by Gasteiger charge is 2.07. The van der Waals surface area contributed by atoms with E-state index in [1.54, 1.807) is 0 Å². The molecule has 18 heavy (non-hydrogen) atoms. The molecule has 0 aromatic carbocycles. The third-order valence-electron chi connectivity index (χ3n) is 3.06. The number of nitrogens with zero attached hydrogens (tertiary/aromatic N) is 2. The largest absolute Gasteiger partial charge is 0.369 e. The van der Waals surface area contributed by atoms with E-state index < -0.39 is 0 Å². The number of hydrogen-bond donors (Lipinski definition) is 2. The molecule has 0 spiro atoms. The molecule has 2 heterocycles. The van der Waals surface area contributed by atoms with E-state index in [0.29, 0.717) is 0 Å². The van der Waals surface area contributed by atoms with Crippen molar-refractivity contribution in [3.63, 3.8) is 0 Å². The highest BCUT2D eigenvalue weighted by molar-refractivity contribution is 5.87. The summed E-state index contributed by atoms with van der Waals surface area (Å²) in [5.41, 5.74) is 2.05. The van der Waals surface area contributed by atoms with Crippen molar-refractivity contribution in [3.8, 4) is 0 Å². The van der Waals surface area contributed by atoms with Gasteiger partial charge >= 0.3 is 0 Å². The van der Waals surface area contributed by atoms with Crippen molar-refractivity contribution in [1.29, 1.82) is 0 Å². The predicted molar refractivity (Wildman–Crippen MR) is 76.0 cm³/mol. The van der Waals surface area contributed by atoms with Crippen molar-refractivity contribution >= 4 is 16.9 Å². The molecule has 0 saturated heterocycles. The molecule has 0 amide bonds. The van der Waals surface area contributed by atoms with Crippen LogP contribution in [-0.4, -0.2) is 21.5 Å². The molecule has 4 nitrogen and oxygen atoms in total. The van der Waals surface area contributed by atoms with E-state index in [9.17, 15) is 0 Å². The van der Waals surface area contributed by atoms with Gasteiger partial charge in [0.1, 0.15) is 17.3 Å². The van der Waals surface area contributed by atoms with Crippen LogP contribution in [0.1, 0.15) is 44.1 Å². The van der Waals surface area contributed by atoms with E-state index in [1.807, 2.05) is 13.8 Å². The normalized spacial score (nSPS) is 11.1. The van der Waals surface area contributed by atoms with Crippen LogP contribution >= 0.6 is 0 Å². The molecule has 2 N–H and O–H groups in total. The monoisotopic (exact) mass is 246 g/mol. The zero-order chi connectivity index (χ0) is 13.0. The Balaban J connectivity index is 2.07. The Kier molecular flexibility index (Phi) is 4.18. The molecule has 0 aliphatic heterocycles. The van der Waals surface area contributed by atoms with Crippen LogP contribution in [0.4, 0.5) is 5.82 Å². The van der Waals surface area contributed by atoms with Crippen molar-refractivity contribution in [2.24, 2.45) is 0 Å². The second-order valence-corrected chi connectivity index (χ2v) is 4.82. The highest BCUT2D eigenvalue weighted by atomic mass is 15.0. The van der Waals surface area contributed by atoms with Gasteiger partial charge in [-0.2, -0.15) is 0 Å². The van der Waals surface area contributed by atoms with Gasteiger partial charge < -0.3 is 10.3 Å². The molecule has 0 aliphatic rings. The van der Waals surface area contributed by atoms with Gasteiger partial charge in [0.05, 0.1) is 5.39 Å². The van der Waals surface area contributed by atoms with E-state index in [1.165, 1.54) is 25.7 Å². The first-order valence-electron chi connectivity index (χ1n) is 6.78. The number of H-pyrrole nitrogens is 1. The fraction of sp³-hybridized carbons (Fsp3) is 0.571. The van der Waals surface area contributed by atoms with Crippen LogP contribution in [0.2, 0.25) is 0 Å². The van der Waals surface area contributed by atoms with Crippen molar-refractivity contribution in [1.82, 2.24) is 15.0 Å². The van der Waals surface area contributed by atoms with Gasteiger partial charge in [0, 0.05) is 12.2 Å². The van der Waals surface area contributed by atoms with Crippen LogP contribution in [-0.2, 0) is 0 Å². The summed E-state index contributed by atoms with van der Waals surface area (Å²) in [7, 11) is 0. The van der Waals surface area contributed by atoms with Gasteiger partial charge in [0.15, 0.2) is 0 Å². The average molecular weight is 246 g/mol. The van der Waals surface area contributed by atoms with Gasteiger partial charge in [-0.25, -0.2) is 9.97 Å². The summed E-state index contributed by atoms with van der Waals surface area (Å²) >= 11 is 0. The number of fused-ring (bicyclic) bond motifs is 1. The lowest BCUT2D eigenvalue weighted by molar-refractivity contribution is 0.684. The first-order valence-corrected chi connectivity index (χ1v) is 6.78. The first-order chi connectivity index (χ1) is 8.70. The summed E-state index contributed by atoms with van der Waals surface area (Å²) in [6.45, 7) is 7.18. The SMILES string of the molecule is CCCCCCNc1nc(C)nc2[nH]c(C)cc12. The van der Waals surface area contributed by atoms with E-state index in [4.69, 9.17) is 0 Å². The van der Waals surface area contributed by atoms with Crippen LogP contribution in [0, 0.1) is 13.8 Å². The molecule has 0 radical (unpaired) electrons. The number of aryl methyl sites for hydroxylation is 2. The molecule has 0 saturated carbocycles. The molecule has 0 bridgehead atoms. The number of aromatic nitrogens is 3. The Morgan fingerprint density at radius 3 is 2.78 bits per heavy atom. The molecular formula is C14H22N4. The first kappa shape index (κ1) is 12.9. The number of anilines is 1. The maximum absolute atomic E-state index is 4.49. The number of rotatable bonds is 6. The molecule has 4 heteroatoms. The minimum absolute atomic E-state index is 0.806. The lowest BCUT2D eigenvalue weighted by atomic mass is 10.2. The minimum atomic E-state index is 0.806. The summed E-state index contributed by atoms with van der Waals surface area (Å²) in [5, 5.41) is 4.52. The zero-order valence-corrected chi connectivity index (χ0v) is 11.5. The maximum Gasteiger partial charge on any atom is 0.143 e. The molecule has 0 unspecified atom stereocenters. The molecule has 0 fully saturated rings. The van der Waals surface area contributed by atoms with E-state index >= 15 is 0 Å². The van der Waals surface area contributed by atoms with Crippen LogP contribution < -0.4 is 5.32 Å². The van der Waals surface area contributed by atoms with E-state index in [2.05, 4.69) is 33.3 Å². The average Bonchev–Trinajstić information content (AvgIpc) is 2.69. The van der Waals surface area contributed by atoms with Gasteiger partial charge in [-0.1, -0.05) is 26.2 Å². The Labute approximate surface area is 108 Å². The van der Waals surface area contributed by atoms with Crippen molar-refractivity contribution in [2.75, 3.05) is 11.9 Å².